The molecule has 140 valence electrons. The summed E-state index contributed by atoms with van der Waals surface area (Å²) < 4.78 is 10.4. The van der Waals surface area contributed by atoms with Crippen molar-refractivity contribution in [3.63, 3.8) is 0 Å². The molecule has 0 radical (unpaired) electrons. The number of nitrogens with one attached hydrogen (secondary N) is 1. The maximum absolute atomic E-state index is 12.0. The molecule has 1 fully saturated rings. The largest absolute Gasteiger partial charge is 0.493 e. The van der Waals surface area contributed by atoms with E-state index in [1.54, 1.807) is 19.1 Å². The van der Waals surface area contributed by atoms with E-state index in [2.05, 4.69) is 5.32 Å². The summed E-state index contributed by atoms with van der Waals surface area (Å²) in [5.41, 5.74) is 1.03. The average molecular weight is 373 g/mol. The number of hydrogen-bond acceptors (Lipinski definition) is 5. The molecular weight excluding hydrogens is 348 g/mol. The van der Waals surface area contributed by atoms with Gasteiger partial charge in [-0.25, -0.2) is 0 Å². The van der Waals surface area contributed by atoms with Gasteiger partial charge < -0.3 is 19.9 Å². The van der Waals surface area contributed by atoms with Gasteiger partial charge in [-0.2, -0.15) is 0 Å². The average Bonchev–Trinajstić information content (AvgIpc) is 3.03. The first-order valence-corrected chi connectivity index (χ1v) is 7.99. The van der Waals surface area contributed by atoms with Gasteiger partial charge in [-0.1, -0.05) is 6.07 Å². The van der Waals surface area contributed by atoms with Gasteiger partial charge in [0.15, 0.2) is 11.5 Å². The van der Waals surface area contributed by atoms with Crippen LogP contribution in [-0.2, 0) is 16.0 Å². The van der Waals surface area contributed by atoms with Crippen molar-refractivity contribution < 1.29 is 24.2 Å². The quantitative estimate of drug-likeness (QED) is 0.715. The van der Waals surface area contributed by atoms with Crippen LogP contribution in [0.5, 0.6) is 11.5 Å². The van der Waals surface area contributed by atoms with Crippen LogP contribution < -0.4 is 14.8 Å². The number of carbonyl (C=O) groups excluding carboxylic acids is 1. The lowest BCUT2D eigenvalue weighted by Gasteiger charge is -2.20. The predicted molar refractivity (Wildman–Crippen MR) is 95.7 cm³/mol. The molecule has 1 aromatic rings. The Morgan fingerprint density at radius 1 is 1.28 bits per heavy atom. The van der Waals surface area contributed by atoms with Crippen LogP contribution in [0, 0.1) is 0 Å². The van der Waals surface area contributed by atoms with Crippen LogP contribution in [-0.4, -0.2) is 61.8 Å². The first-order chi connectivity index (χ1) is 11.5. The van der Waals surface area contributed by atoms with Crippen molar-refractivity contribution in [2.24, 2.45) is 0 Å². The Kier molecular flexibility index (Phi) is 8.51. The van der Waals surface area contributed by atoms with Crippen LogP contribution in [0.15, 0.2) is 18.2 Å². The Labute approximate surface area is 153 Å². The second kappa shape index (κ2) is 10.1. The van der Waals surface area contributed by atoms with Gasteiger partial charge in [0.2, 0.25) is 5.91 Å². The normalized spacial score (nSPS) is 16.8. The first-order valence-electron chi connectivity index (χ1n) is 7.99. The Morgan fingerprint density at radius 3 is 2.64 bits per heavy atom. The maximum atomic E-state index is 12.0. The fourth-order valence-electron chi connectivity index (χ4n) is 2.92. The van der Waals surface area contributed by atoms with E-state index in [9.17, 15) is 9.59 Å². The van der Waals surface area contributed by atoms with Crippen LogP contribution in [0.4, 0.5) is 0 Å². The summed E-state index contributed by atoms with van der Waals surface area (Å²) in [6.45, 7) is 1.27. The zero-order valence-corrected chi connectivity index (χ0v) is 15.3. The summed E-state index contributed by atoms with van der Waals surface area (Å²) in [7, 11) is 3.17. The number of nitrogens with zero attached hydrogens (tertiary/aromatic N) is 1. The number of halogens is 1. The minimum absolute atomic E-state index is 0. The van der Waals surface area contributed by atoms with Crippen molar-refractivity contribution in [1.29, 1.82) is 0 Å². The van der Waals surface area contributed by atoms with Crippen LogP contribution in [0.25, 0.3) is 0 Å². The van der Waals surface area contributed by atoms with E-state index in [4.69, 9.17) is 14.6 Å². The molecule has 2 rings (SSSR count). The summed E-state index contributed by atoms with van der Waals surface area (Å²) in [5.74, 6) is 0.316. The molecule has 1 aliphatic heterocycles. The number of rotatable bonds is 8. The van der Waals surface area contributed by atoms with Gasteiger partial charge in [0.05, 0.1) is 20.8 Å². The molecule has 7 nitrogen and oxygen atoms in total. The fourth-order valence-corrected chi connectivity index (χ4v) is 2.92. The summed E-state index contributed by atoms with van der Waals surface area (Å²) in [4.78, 5) is 24.8. The van der Waals surface area contributed by atoms with Gasteiger partial charge in [-0.05, 0) is 43.5 Å². The standard InChI is InChI=1S/C17H24N2O5.ClH/c1-23-14-6-5-12(10-15(14)24-2)7-8-18-16(20)11-19-9-3-4-13(19)17(21)22;/h5-6,10,13H,3-4,7-9,11H2,1-2H3,(H,18,20)(H,21,22);1H. The van der Waals surface area contributed by atoms with E-state index in [-0.39, 0.29) is 24.9 Å². The van der Waals surface area contributed by atoms with E-state index in [1.807, 2.05) is 18.2 Å². The molecule has 1 unspecified atom stereocenters. The van der Waals surface area contributed by atoms with E-state index in [0.717, 1.165) is 12.0 Å². The van der Waals surface area contributed by atoms with Crippen molar-refractivity contribution in [1.82, 2.24) is 10.2 Å². The molecule has 0 bridgehead atoms. The highest BCUT2D eigenvalue weighted by atomic mass is 35.5. The lowest BCUT2D eigenvalue weighted by atomic mass is 10.1. The number of hydrogen-bond donors (Lipinski definition) is 2. The third kappa shape index (κ3) is 5.79. The molecule has 1 aromatic carbocycles. The molecule has 1 heterocycles. The summed E-state index contributed by atoms with van der Waals surface area (Å²) in [6, 6.07) is 5.10. The molecule has 8 heteroatoms. The van der Waals surface area contributed by atoms with E-state index < -0.39 is 12.0 Å². The van der Waals surface area contributed by atoms with Crippen LogP contribution in [0.1, 0.15) is 18.4 Å². The minimum atomic E-state index is -0.856. The number of likely N-dealkylation sites (tertiary alicyclic amines) is 1. The second-order valence-electron chi connectivity index (χ2n) is 5.76. The molecule has 1 amide bonds. The molecule has 0 aromatic heterocycles. The van der Waals surface area contributed by atoms with Crippen LogP contribution in [0.3, 0.4) is 0 Å². The zero-order valence-electron chi connectivity index (χ0n) is 14.5. The van der Waals surface area contributed by atoms with Gasteiger partial charge in [-0.15, -0.1) is 12.4 Å². The number of benzene rings is 1. The topological polar surface area (TPSA) is 88.1 Å². The van der Waals surface area contributed by atoms with Gasteiger partial charge in [0.1, 0.15) is 6.04 Å². The molecule has 1 saturated heterocycles. The highest BCUT2D eigenvalue weighted by molar-refractivity contribution is 5.85. The van der Waals surface area contributed by atoms with Gasteiger partial charge in [0.25, 0.3) is 0 Å². The number of carbonyl (C=O) groups is 2. The first kappa shape index (κ1) is 21.1. The Balaban J connectivity index is 0.00000312. The van der Waals surface area contributed by atoms with Gasteiger partial charge >= 0.3 is 5.97 Å². The van der Waals surface area contributed by atoms with Crippen molar-refractivity contribution in [2.45, 2.75) is 25.3 Å². The van der Waals surface area contributed by atoms with Crippen LogP contribution >= 0.6 is 12.4 Å². The number of methoxy groups -OCH3 is 2. The molecule has 0 saturated carbocycles. The number of carboxylic acids is 1. The second-order valence-corrected chi connectivity index (χ2v) is 5.76. The van der Waals surface area contributed by atoms with Crippen LogP contribution in [0.2, 0.25) is 0 Å². The molecule has 2 N–H and O–H groups in total. The van der Waals surface area contributed by atoms with Crippen molar-refractivity contribution in [3.8, 4) is 11.5 Å². The summed E-state index contributed by atoms with van der Waals surface area (Å²) in [6.07, 6.45) is 2.08. The monoisotopic (exact) mass is 372 g/mol. The number of amides is 1. The fraction of sp³-hybridized carbons (Fsp3) is 0.529. The Hall–Kier alpha value is -1.99. The van der Waals surface area contributed by atoms with E-state index >= 15 is 0 Å². The minimum Gasteiger partial charge on any atom is -0.493 e. The number of ether oxygens (including phenoxy) is 2. The lowest BCUT2D eigenvalue weighted by molar-refractivity contribution is -0.142. The smallest absolute Gasteiger partial charge is 0.320 e. The van der Waals surface area contributed by atoms with Crippen molar-refractivity contribution in [3.05, 3.63) is 23.8 Å². The number of aliphatic carboxylic acids is 1. The molecule has 1 atom stereocenters. The maximum Gasteiger partial charge on any atom is 0.320 e. The van der Waals surface area contributed by atoms with Crippen molar-refractivity contribution in [2.75, 3.05) is 33.9 Å². The Morgan fingerprint density at radius 2 is 2.00 bits per heavy atom. The molecule has 1 aliphatic rings. The Bertz CT molecular complexity index is 596. The molecule has 0 aliphatic carbocycles. The molecule has 25 heavy (non-hydrogen) atoms. The molecular formula is C17H25ClN2O5. The summed E-state index contributed by atoms with van der Waals surface area (Å²) in [5, 5.41) is 12.0. The molecule has 0 spiro atoms. The lowest BCUT2D eigenvalue weighted by Crippen LogP contribution is -2.43. The van der Waals surface area contributed by atoms with Gasteiger partial charge in [0, 0.05) is 6.54 Å². The SMILES string of the molecule is COc1ccc(CCNC(=O)CN2CCCC2C(=O)O)cc1OC.Cl. The van der Waals surface area contributed by atoms with Crippen molar-refractivity contribution >= 4 is 24.3 Å². The third-order valence-electron chi connectivity index (χ3n) is 4.18. The number of carboxylic acid groups (broad SMARTS) is 1. The van der Waals surface area contributed by atoms with Gasteiger partial charge in [-0.3, -0.25) is 14.5 Å². The predicted octanol–water partition coefficient (Wildman–Crippen LogP) is 1.33. The summed E-state index contributed by atoms with van der Waals surface area (Å²) >= 11 is 0. The third-order valence-corrected chi connectivity index (χ3v) is 4.18. The highest BCUT2D eigenvalue weighted by Crippen LogP contribution is 2.27. The zero-order chi connectivity index (χ0) is 17.5. The van der Waals surface area contributed by atoms with E-state index in [0.29, 0.717) is 37.4 Å². The van der Waals surface area contributed by atoms with E-state index in [1.165, 1.54) is 0 Å². The highest BCUT2D eigenvalue weighted by Gasteiger charge is 2.31.